The van der Waals surface area contributed by atoms with Crippen molar-refractivity contribution < 1.29 is 0 Å². The largest absolute Gasteiger partial charge is 0.382 e. The van der Waals surface area contributed by atoms with E-state index in [-0.39, 0.29) is 0 Å². The van der Waals surface area contributed by atoms with Gasteiger partial charge >= 0.3 is 0 Å². The molecule has 1 saturated carbocycles. The van der Waals surface area contributed by atoms with Crippen molar-refractivity contribution in [3.05, 3.63) is 28.8 Å². The van der Waals surface area contributed by atoms with E-state index in [1.165, 1.54) is 24.1 Å². The van der Waals surface area contributed by atoms with E-state index < -0.39 is 0 Å². The average molecular weight is 210 g/mol. The summed E-state index contributed by atoms with van der Waals surface area (Å²) < 4.78 is 0. The first-order valence-corrected chi connectivity index (χ1v) is 5.57. The van der Waals surface area contributed by atoms with Crippen molar-refractivity contribution in [1.82, 2.24) is 0 Å². The van der Waals surface area contributed by atoms with Crippen LogP contribution in [0, 0.1) is 12.8 Å². The molecule has 1 aliphatic rings. The Morgan fingerprint density at radius 1 is 1.43 bits per heavy atom. The molecule has 0 aliphatic heterocycles. The van der Waals surface area contributed by atoms with E-state index >= 15 is 0 Å². The minimum absolute atomic E-state index is 0.592. The summed E-state index contributed by atoms with van der Waals surface area (Å²) >= 11 is 5.90. The summed E-state index contributed by atoms with van der Waals surface area (Å²) in [6.45, 7) is 4.35. The number of hydrogen-bond acceptors (Lipinski definition) is 1. The Hall–Kier alpha value is -0.690. The molecule has 1 fully saturated rings. The van der Waals surface area contributed by atoms with E-state index in [9.17, 15) is 0 Å². The molecular formula is C12H16ClN. The van der Waals surface area contributed by atoms with Crippen LogP contribution in [0.1, 0.15) is 25.3 Å². The van der Waals surface area contributed by atoms with E-state index in [0.717, 1.165) is 10.9 Å². The van der Waals surface area contributed by atoms with Gasteiger partial charge in [0.2, 0.25) is 0 Å². The molecule has 1 aromatic carbocycles. The van der Waals surface area contributed by atoms with Gasteiger partial charge in [0.25, 0.3) is 0 Å². The molecule has 0 saturated heterocycles. The fourth-order valence-electron chi connectivity index (χ4n) is 1.75. The predicted octanol–water partition coefficient (Wildman–Crippen LogP) is 3.86. The second-order valence-corrected chi connectivity index (χ2v) is 4.67. The molecule has 1 N–H and O–H groups in total. The predicted molar refractivity (Wildman–Crippen MR) is 62.0 cm³/mol. The third-order valence-electron chi connectivity index (χ3n) is 2.90. The summed E-state index contributed by atoms with van der Waals surface area (Å²) in [6.07, 6.45) is 2.75. The summed E-state index contributed by atoms with van der Waals surface area (Å²) in [5.41, 5.74) is 2.44. The van der Waals surface area contributed by atoms with Gasteiger partial charge in [0, 0.05) is 16.8 Å². The smallest absolute Gasteiger partial charge is 0.0410 e. The third-order valence-corrected chi connectivity index (χ3v) is 3.14. The Balaban J connectivity index is 2.07. The Morgan fingerprint density at radius 2 is 2.14 bits per heavy atom. The lowest BCUT2D eigenvalue weighted by Crippen LogP contribution is -2.17. The molecule has 0 spiro atoms. The molecule has 1 aliphatic carbocycles. The molecule has 0 aromatic heterocycles. The highest BCUT2D eigenvalue weighted by atomic mass is 35.5. The minimum Gasteiger partial charge on any atom is -0.382 e. The fraction of sp³-hybridized carbons (Fsp3) is 0.500. The molecule has 14 heavy (non-hydrogen) atoms. The minimum atomic E-state index is 0.592. The Kier molecular flexibility index (Phi) is 2.69. The van der Waals surface area contributed by atoms with E-state index in [4.69, 9.17) is 11.6 Å². The van der Waals surface area contributed by atoms with Crippen molar-refractivity contribution in [1.29, 1.82) is 0 Å². The monoisotopic (exact) mass is 209 g/mol. The van der Waals surface area contributed by atoms with E-state index in [1.807, 2.05) is 12.1 Å². The molecule has 0 radical (unpaired) electrons. The van der Waals surface area contributed by atoms with Gasteiger partial charge in [-0.15, -0.1) is 0 Å². The zero-order valence-corrected chi connectivity index (χ0v) is 9.43. The summed E-state index contributed by atoms with van der Waals surface area (Å²) in [5.74, 6) is 0.880. The van der Waals surface area contributed by atoms with Gasteiger partial charge in [0.1, 0.15) is 0 Å². The molecule has 1 aromatic rings. The Bertz CT molecular complexity index is 331. The van der Waals surface area contributed by atoms with Gasteiger partial charge in [-0.05, 0) is 56.4 Å². The highest BCUT2D eigenvalue weighted by Gasteiger charge is 2.27. The Labute approximate surface area is 90.5 Å². The summed E-state index contributed by atoms with van der Waals surface area (Å²) in [4.78, 5) is 0. The quantitative estimate of drug-likeness (QED) is 0.797. The van der Waals surface area contributed by atoms with Gasteiger partial charge in [0.15, 0.2) is 0 Å². The standard InChI is InChI=1S/C12H16ClN/c1-8-7-11(13)5-6-12(8)14-9(2)10-3-4-10/h5-7,9-10,14H,3-4H2,1-2H3. The van der Waals surface area contributed by atoms with Gasteiger partial charge in [-0.1, -0.05) is 11.6 Å². The van der Waals surface area contributed by atoms with Crippen LogP contribution in [0.4, 0.5) is 5.69 Å². The lowest BCUT2D eigenvalue weighted by Gasteiger charge is -2.16. The first kappa shape index (κ1) is 9.85. The van der Waals surface area contributed by atoms with E-state index in [0.29, 0.717) is 6.04 Å². The molecule has 1 atom stereocenters. The third kappa shape index (κ3) is 2.21. The summed E-state index contributed by atoms with van der Waals surface area (Å²) in [6, 6.07) is 6.60. The highest BCUT2D eigenvalue weighted by Crippen LogP contribution is 2.34. The van der Waals surface area contributed by atoms with Crippen LogP contribution >= 0.6 is 11.6 Å². The second-order valence-electron chi connectivity index (χ2n) is 4.23. The van der Waals surface area contributed by atoms with E-state index in [2.05, 4.69) is 25.2 Å². The van der Waals surface area contributed by atoms with Crippen molar-refractivity contribution in [2.45, 2.75) is 32.7 Å². The van der Waals surface area contributed by atoms with Crippen LogP contribution in [0.15, 0.2) is 18.2 Å². The lowest BCUT2D eigenvalue weighted by molar-refractivity contribution is 0.693. The van der Waals surface area contributed by atoms with Crippen molar-refractivity contribution in [2.75, 3.05) is 5.32 Å². The van der Waals surface area contributed by atoms with Crippen LogP contribution in [0.3, 0.4) is 0 Å². The van der Waals surface area contributed by atoms with Crippen LogP contribution in [-0.2, 0) is 0 Å². The van der Waals surface area contributed by atoms with E-state index in [1.54, 1.807) is 0 Å². The van der Waals surface area contributed by atoms with Gasteiger partial charge < -0.3 is 5.32 Å². The number of rotatable bonds is 3. The number of aryl methyl sites for hydroxylation is 1. The topological polar surface area (TPSA) is 12.0 Å². The molecule has 2 rings (SSSR count). The number of hydrogen-bond donors (Lipinski definition) is 1. The molecule has 0 amide bonds. The molecule has 2 heteroatoms. The van der Waals surface area contributed by atoms with Crippen LogP contribution in [0.2, 0.25) is 5.02 Å². The maximum atomic E-state index is 5.90. The van der Waals surface area contributed by atoms with Crippen LogP contribution < -0.4 is 5.32 Å². The number of benzene rings is 1. The first-order valence-electron chi connectivity index (χ1n) is 5.19. The number of anilines is 1. The first-order chi connectivity index (χ1) is 6.66. The average Bonchev–Trinajstić information content (AvgIpc) is 2.92. The zero-order valence-electron chi connectivity index (χ0n) is 8.68. The van der Waals surface area contributed by atoms with Crippen LogP contribution in [0.5, 0.6) is 0 Å². The molecule has 1 nitrogen and oxygen atoms in total. The maximum Gasteiger partial charge on any atom is 0.0410 e. The number of halogens is 1. The summed E-state index contributed by atoms with van der Waals surface area (Å²) in [5, 5.41) is 4.35. The molecule has 1 unspecified atom stereocenters. The van der Waals surface area contributed by atoms with Crippen molar-refractivity contribution >= 4 is 17.3 Å². The second kappa shape index (κ2) is 3.82. The van der Waals surface area contributed by atoms with Crippen LogP contribution in [-0.4, -0.2) is 6.04 Å². The van der Waals surface area contributed by atoms with Crippen molar-refractivity contribution in [3.63, 3.8) is 0 Å². The molecule has 76 valence electrons. The zero-order chi connectivity index (χ0) is 10.1. The number of nitrogens with one attached hydrogen (secondary N) is 1. The maximum absolute atomic E-state index is 5.90. The summed E-state index contributed by atoms with van der Waals surface area (Å²) in [7, 11) is 0. The molecular weight excluding hydrogens is 194 g/mol. The van der Waals surface area contributed by atoms with Gasteiger partial charge in [0.05, 0.1) is 0 Å². The fourth-order valence-corrected chi connectivity index (χ4v) is 1.98. The normalized spacial score (nSPS) is 17.9. The SMILES string of the molecule is Cc1cc(Cl)ccc1NC(C)C1CC1. The van der Waals surface area contributed by atoms with Gasteiger partial charge in [-0.2, -0.15) is 0 Å². The molecule has 0 heterocycles. The Morgan fingerprint density at radius 3 is 2.71 bits per heavy atom. The lowest BCUT2D eigenvalue weighted by atomic mass is 10.1. The molecule has 0 bridgehead atoms. The van der Waals surface area contributed by atoms with Crippen LogP contribution in [0.25, 0.3) is 0 Å². The van der Waals surface area contributed by atoms with Crippen molar-refractivity contribution in [3.8, 4) is 0 Å². The van der Waals surface area contributed by atoms with Crippen molar-refractivity contribution in [2.24, 2.45) is 5.92 Å². The van der Waals surface area contributed by atoms with Gasteiger partial charge in [-0.3, -0.25) is 0 Å². The van der Waals surface area contributed by atoms with Gasteiger partial charge in [-0.25, -0.2) is 0 Å². The highest BCUT2D eigenvalue weighted by molar-refractivity contribution is 6.30.